The maximum atomic E-state index is 12.3. The molecule has 0 aliphatic carbocycles. The Bertz CT molecular complexity index is 891. The predicted octanol–water partition coefficient (Wildman–Crippen LogP) is 3.34. The molecule has 0 amide bonds. The first-order valence-electron chi connectivity index (χ1n) is 8.02. The van der Waals surface area contributed by atoms with Gasteiger partial charge in [0.1, 0.15) is 5.75 Å². The van der Waals surface area contributed by atoms with Gasteiger partial charge in [0.05, 0.1) is 0 Å². The van der Waals surface area contributed by atoms with Crippen molar-refractivity contribution in [3.05, 3.63) is 66.1 Å². The van der Waals surface area contributed by atoms with Crippen LogP contribution in [0.15, 0.2) is 59.1 Å². The second-order valence-electron chi connectivity index (χ2n) is 5.85. The molecule has 0 spiro atoms. The van der Waals surface area contributed by atoms with Crippen LogP contribution in [0, 0.1) is 0 Å². The van der Waals surface area contributed by atoms with Crippen molar-refractivity contribution in [2.45, 2.75) is 25.6 Å². The normalized spacial score (nSPS) is 18.4. The Kier molecular flexibility index (Phi) is 3.93. The van der Waals surface area contributed by atoms with Gasteiger partial charge >= 0.3 is 5.97 Å². The molecule has 6 nitrogen and oxygen atoms in total. The summed E-state index contributed by atoms with van der Waals surface area (Å²) in [6, 6.07) is 17.1. The van der Waals surface area contributed by atoms with Gasteiger partial charge < -0.3 is 14.0 Å². The van der Waals surface area contributed by atoms with E-state index in [1.165, 1.54) is 0 Å². The Hall–Kier alpha value is -3.15. The molecule has 1 aliphatic rings. The van der Waals surface area contributed by atoms with E-state index in [9.17, 15) is 4.79 Å². The Labute approximate surface area is 144 Å². The Morgan fingerprint density at radius 2 is 1.88 bits per heavy atom. The highest BCUT2D eigenvalue weighted by molar-refractivity contribution is 5.78. The summed E-state index contributed by atoms with van der Waals surface area (Å²) in [5.74, 6) is 0.926. The van der Waals surface area contributed by atoms with Crippen LogP contribution in [0.4, 0.5) is 0 Å². The molecule has 0 radical (unpaired) electrons. The third kappa shape index (κ3) is 2.98. The number of nitrogens with zero attached hydrogens (tertiary/aromatic N) is 2. The highest BCUT2D eigenvalue weighted by atomic mass is 16.6. The maximum absolute atomic E-state index is 12.3. The molecule has 6 heteroatoms. The number of ether oxygens (including phenoxy) is 2. The number of para-hydroxylation sites is 1. The second kappa shape index (κ2) is 6.39. The molecule has 2 heterocycles. The van der Waals surface area contributed by atoms with Crippen molar-refractivity contribution < 1.29 is 18.8 Å². The lowest BCUT2D eigenvalue weighted by molar-refractivity contribution is -0.154. The lowest BCUT2D eigenvalue weighted by atomic mass is 9.98. The summed E-state index contributed by atoms with van der Waals surface area (Å²) < 4.78 is 16.1. The first kappa shape index (κ1) is 15.4. The largest absolute Gasteiger partial charge is 0.478 e. The highest BCUT2D eigenvalue weighted by Gasteiger charge is 2.37. The molecule has 1 aliphatic heterocycles. The Balaban J connectivity index is 1.39. The zero-order valence-corrected chi connectivity index (χ0v) is 13.6. The molecule has 126 valence electrons. The van der Waals surface area contributed by atoms with E-state index >= 15 is 0 Å². The summed E-state index contributed by atoms with van der Waals surface area (Å²) >= 11 is 0. The van der Waals surface area contributed by atoms with Crippen LogP contribution < -0.4 is 4.74 Å². The van der Waals surface area contributed by atoms with Crippen LogP contribution in [0.5, 0.6) is 5.75 Å². The van der Waals surface area contributed by atoms with Gasteiger partial charge in [-0.2, -0.15) is 4.98 Å². The average Bonchev–Trinajstić information content (AvgIpc) is 3.26. The van der Waals surface area contributed by atoms with Crippen LogP contribution in [0.3, 0.4) is 0 Å². The molecule has 0 fully saturated rings. The summed E-state index contributed by atoms with van der Waals surface area (Å²) in [4.78, 5) is 16.6. The number of hydrogen-bond donors (Lipinski definition) is 0. The Morgan fingerprint density at radius 3 is 2.68 bits per heavy atom. The van der Waals surface area contributed by atoms with Crippen molar-refractivity contribution >= 4 is 5.97 Å². The molecule has 1 aromatic heterocycles. The summed E-state index contributed by atoms with van der Waals surface area (Å²) in [5.41, 5.74) is 1.85. The van der Waals surface area contributed by atoms with Crippen molar-refractivity contribution in [3.8, 4) is 17.1 Å². The van der Waals surface area contributed by atoms with Crippen molar-refractivity contribution in [2.24, 2.45) is 0 Å². The minimum Gasteiger partial charge on any atom is -0.478 e. The molecular weight excluding hydrogens is 320 g/mol. The number of benzene rings is 2. The van der Waals surface area contributed by atoms with Crippen LogP contribution in [-0.4, -0.2) is 22.2 Å². The molecule has 2 atom stereocenters. The van der Waals surface area contributed by atoms with E-state index in [1.54, 1.807) is 0 Å². The quantitative estimate of drug-likeness (QED) is 0.680. The Morgan fingerprint density at radius 1 is 1.12 bits per heavy atom. The zero-order chi connectivity index (χ0) is 17.2. The van der Waals surface area contributed by atoms with Gasteiger partial charge in [-0.15, -0.1) is 0 Å². The SMILES string of the molecule is CC1c2ccccc2OC1C(=O)OCc1nc(-c2ccccc2)no1. The van der Waals surface area contributed by atoms with E-state index in [1.807, 2.05) is 61.5 Å². The van der Waals surface area contributed by atoms with Gasteiger partial charge in [-0.25, -0.2) is 4.79 Å². The van der Waals surface area contributed by atoms with Gasteiger partial charge in [0, 0.05) is 17.0 Å². The smallest absolute Gasteiger partial charge is 0.348 e. The number of carbonyl (C=O) groups is 1. The fraction of sp³-hybridized carbons (Fsp3) is 0.211. The molecule has 0 N–H and O–H groups in total. The molecule has 2 aromatic carbocycles. The minimum absolute atomic E-state index is 0.0636. The maximum Gasteiger partial charge on any atom is 0.348 e. The number of aromatic nitrogens is 2. The van der Waals surface area contributed by atoms with Gasteiger partial charge in [-0.1, -0.05) is 60.6 Å². The molecule has 0 saturated carbocycles. The predicted molar refractivity (Wildman–Crippen MR) is 88.8 cm³/mol. The topological polar surface area (TPSA) is 74.5 Å². The number of fused-ring (bicyclic) bond motifs is 1. The molecule has 4 rings (SSSR count). The van der Waals surface area contributed by atoms with E-state index in [0.29, 0.717) is 5.82 Å². The van der Waals surface area contributed by atoms with E-state index in [2.05, 4.69) is 10.1 Å². The van der Waals surface area contributed by atoms with Gasteiger partial charge in [0.15, 0.2) is 6.61 Å². The third-order valence-corrected chi connectivity index (χ3v) is 4.19. The lowest BCUT2D eigenvalue weighted by Gasteiger charge is -2.13. The van der Waals surface area contributed by atoms with E-state index in [0.717, 1.165) is 16.9 Å². The van der Waals surface area contributed by atoms with Crippen molar-refractivity contribution in [1.29, 1.82) is 0 Å². The molecule has 2 unspecified atom stereocenters. The van der Waals surface area contributed by atoms with Crippen LogP contribution in [0.2, 0.25) is 0 Å². The van der Waals surface area contributed by atoms with E-state index in [-0.39, 0.29) is 18.4 Å². The fourth-order valence-electron chi connectivity index (χ4n) is 2.85. The van der Waals surface area contributed by atoms with Crippen LogP contribution in [-0.2, 0) is 16.1 Å². The molecular formula is C19H16N2O4. The molecule has 0 bridgehead atoms. The number of esters is 1. The summed E-state index contributed by atoms with van der Waals surface area (Å²) in [6.45, 7) is 1.86. The zero-order valence-electron chi connectivity index (χ0n) is 13.6. The van der Waals surface area contributed by atoms with Gasteiger partial charge in [0.2, 0.25) is 11.9 Å². The number of rotatable bonds is 4. The summed E-state index contributed by atoms with van der Waals surface area (Å²) in [7, 11) is 0. The van der Waals surface area contributed by atoms with Crippen molar-refractivity contribution in [1.82, 2.24) is 10.1 Å². The van der Waals surface area contributed by atoms with E-state index < -0.39 is 12.1 Å². The van der Waals surface area contributed by atoms with Crippen molar-refractivity contribution in [3.63, 3.8) is 0 Å². The second-order valence-corrected chi connectivity index (χ2v) is 5.85. The standard InChI is InChI=1S/C19H16N2O4/c1-12-14-9-5-6-10-15(14)24-17(12)19(22)23-11-16-20-18(21-25-16)13-7-3-2-4-8-13/h2-10,12,17H,11H2,1H3. The van der Waals surface area contributed by atoms with Crippen LogP contribution in [0.25, 0.3) is 11.4 Å². The highest BCUT2D eigenvalue weighted by Crippen LogP contribution is 2.38. The molecule has 25 heavy (non-hydrogen) atoms. The average molecular weight is 336 g/mol. The van der Waals surface area contributed by atoms with Gasteiger partial charge in [-0.3, -0.25) is 0 Å². The first-order valence-corrected chi connectivity index (χ1v) is 8.02. The fourth-order valence-corrected chi connectivity index (χ4v) is 2.85. The number of carbonyl (C=O) groups excluding carboxylic acids is 1. The van der Waals surface area contributed by atoms with Gasteiger partial charge in [0.25, 0.3) is 5.89 Å². The van der Waals surface area contributed by atoms with Gasteiger partial charge in [-0.05, 0) is 6.07 Å². The first-order chi connectivity index (χ1) is 12.2. The minimum atomic E-state index is -0.658. The number of hydrogen-bond acceptors (Lipinski definition) is 6. The monoisotopic (exact) mass is 336 g/mol. The molecule has 0 saturated heterocycles. The summed E-state index contributed by atoms with van der Waals surface area (Å²) in [6.07, 6.45) is -0.658. The summed E-state index contributed by atoms with van der Waals surface area (Å²) in [5, 5.41) is 3.90. The molecule has 3 aromatic rings. The lowest BCUT2D eigenvalue weighted by Crippen LogP contribution is -2.29. The van der Waals surface area contributed by atoms with Crippen LogP contribution in [0.1, 0.15) is 24.3 Å². The van der Waals surface area contributed by atoms with E-state index in [4.69, 9.17) is 14.0 Å². The van der Waals surface area contributed by atoms with Crippen molar-refractivity contribution in [2.75, 3.05) is 0 Å². The third-order valence-electron chi connectivity index (χ3n) is 4.19. The van der Waals surface area contributed by atoms with Crippen LogP contribution >= 0.6 is 0 Å².